The highest BCUT2D eigenvalue weighted by Gasteiger charge is 2.24. The van der Waals surface area contributed by atoms with Crippen molar-refractivity contribution in [1.29, 1.82) is 0 Å². The molecule has 2 nitrogen and oxygen atoms in total. The SMILES string of the molecule is CN=C1C(=O)Cc2ccccc21. The van der Waals surface area contributed by atoms with Crippen LogP contribution in [-0.2, 0) is 11.2 Å². The standard InChI is InChI=1S/C10H9NO/c1-11-10-8-5-3-2-4-7(8)6-9(10)12/h2-5H,6H2,1H3. The molecule has 0 N–H and O–H groups in total. The van der Waals surface area contributed by atoms with Crippen LogP contribution in [0.4, 0.5) is 0 Å². The fourth-order valence-corrected chi connectivity index (χ4v) is 1.56. The topological polar surface area (TPSA) is 29.4 Å². The summed E-state index contributed by atoms with van der Waals surface area (Å²) < 4.78 is 0. The molecule has 2 heteroatoms. The quantitative estimate of drug-likeness (QED) is 0.559. The van der Waals surface area contributed by atoms with Crippen LogP contribution in [-0.4, -0.2) is 18.5 Å². The van der Waals surface area contributed by atoms with Gasteiger partial charge in [-0.2, -0.15) is 0 Å². The molecular formula is C10H9NO. The summed E-state index contributed by atoms with van der Waals surface area (Å²) >= 11 is 0. The maximum Gasteiger partial charge on any atom is 0.185 e. The van der Waals surface area contributed by atoms with Crippen LogP contribution in [0.3, 0.4) is 0 Å². The summed E-state index contributed by atoms with van der Waals surface area (Å²) in [5.74, 6) is 0.138. The molecule has 0 unspecified atom stereocenters. The van der Waals surface area contributed by atoms with E-state index in [4.69, 9.17) is 0 Å². The predicted octanol–water partition coefficient (Wildman–Crippen LogP) is 1.23. The zero-order valence-corrected chi connectivity index (χ0v) is 6.87. The van der Waals surface area contributed by atoms with Gasteiger partial charge < -0.3 is 0 Å². The summed E-state index contributed by atoms with van der Waals surface area (Å²) in [4.78, 5) is 15.3. The van der Waals surface area contributed by atoms with E-state index in [1.54, 1.807) is 7.05 Å². The Bertz CT molecular complexity index is 366. The fraction of sp³-hybridized carbons (Fsp3) is 0.200. The molecule has 0 aliphatic heterocycles. The van der Waals surface area contributed by atoms with E-state index < -0.39 is 0 Å². The van der Waals surface area contributed by atoms with Crippen LogP contribution >= 0.6 is 0 Å². The molecule has 0 bridgehead atoms. The molecule has 12 heavy (non-hydrogen) atoms. The van der Waals surface area contributed by atoms with Crippen molar-refractivity contribution in [2.24, 2.45) is 4.99 Å². The van der Waals surface area contributed by atoms with Crippen LogP contribution in [0.15, 0.2) is 29.3 Å². The summed E-state index contributed by atoms with van der Waals surface area (Å²) in [5.41, 5.74) is 2.73. The molecular weight excluding hydrogens is 150 g/mol. The second kappa shape index (κ2) is 2.55. The fourth-order valence-electron chi connectivity index (χ4n) is 1.56. The van der Waals surface area contributed by atoms with E-state index in [-0.39, 0.29) is 5.78 Å². The highest BCUT2D eigenvalue weighted by Crippen LogP contribution is 2.19. The Morgan fingerprint density at radius 2 is 2.08 bits per heavy atom. The van der Waals surface area contributed by atoms with E-state index in [9.17, 15) is 4.79 Å². The molecule has 0 heterocycles. The Balaban J connectivity index is 2.62. The first-order valence-electron chi connectivity index (χ1n) is 3.91. The minimum atomic E-state index is 0.138. The summed E-state index contributed by atoms with van der Waals surface area (Å²) in [7, 11) is 1.66. The summed E-state index contributed by atoms with van der Waals surface area (Å²) in [5, 5.41) is 0. The largest absolute Gasteiger partial charge is 0.292 e. The van der Waals surface area contributed by atoms with Crippen LogP contribution in [0, 0.1) is 0 Å². The van der Waals surface area contributed by atoms with E-state index in [2.05, 4.69) is 4.99 Å². The first-order chi connectivity index (χ1) is 5.83. The normalized spacial score (nSPS) is 18.4. The second-order valence-corrected chi connectivity index (χ2v) is 2.83. The number of nitrogens with zero attached hydrogens (tertiary/aromatic N) is 1. The van der Waals surface area contributed by atoms with Gasteiger partial charge in [-0.3, -0.25) is 9.79 Å². The average Bonchev–Trinajstić information content (AvgIpc) is 2.40. The number of carbonyl (C=O) groups excluding carboxylic acids is 1. The number of hydrogen-bond donors (Lipinski definition) is 0. The molecule has 2 rings (SSSR count). The van der Waals surface area contributed by atoms with Crippen molar-refractivity contribution in [2.45, 2.75) is 6.42 Å². The van der Waals surface area contributed by atoms with Crippen LogP contribution in [0.5, 0.6) is 0 Å². The van der Waals surface area contributed by atoms with Crippen LogP contribution < -0.4 is 0 Å². The first-order valence-corrected chi connectivity index (χ1v) is 3.91. The monoisotopic (exact) mass is 159 g/mol. The lowest BCUT2D eigenvalue weighted by Gasteiger charge is -1.94. The molecule has 0 atom stereocenters. The van der Waals surface area contributed by atoms with E-state index in [0.717, 1.165) is 11.1 Å². The average molecular weight is 159 g/mol. The van der Waals surface area contributed by atoms with E-state index >= 15 is 0 Å². The minimum Gasteiger partial charge on any atom is -0.292 e. The Hall–Kier alpha value is -1.44. The Morgan fingerprint density at radius 1 is 1.33 bits per heavy atom. The summed E-state index contributed by atoms with van der Waals surface area (Å²) in [6.07, 6.45) is 0.517. The highest BCUT2D eigenvalue weighted by molar-refractivity contribution is 6.49. The van der Waals surface area contributed by atoms with Gasteiger partial charge in [0.1, 0.15) is 5.71 Å². The van der Waals surface area contributed by atoms with Gasteiger partial charge >= 0.3 is 0 Å². The zero-order valence-electron chi connectivity index (χ0n) is 6.87. The maximum absolute atomic E-state index is 11.3. The first kappa shape index (κ1) is 7.22. The van der Waals surface area contributed by atoms with Crippen molar-refractivity contribution in [3.05, 3.63) is 35.4 Å². The van der Waals surface area contributed by atoms with Crippen molar-refractivity contribution in [3.8, 4) is 0 Å². The van der Waals surface area contributed by atoms with Gasteiger partial charge in [0.15, 0.2) is 5.78 Å². The van der Waals surface area contributed by atoms with E-state index in [0.29, 0.717) is 12.1 Å². The number of aliphatic imine (C=N–C) groups is 1. The maximum atomic E-state index is 11.3. The van der Waals surface area contributed by atoms with E-state index in [1.807, 2.05) is 24.3 Å². The third-order valence-electron chi connectivity index (χ3n) is 2.11. The van der Waals surface area contributed by atoms with Crippen molar-refractivity contribution in [1.82, 2.24) is 0 Å². The van der Waals surface area contributed by atoms with E-state index in [1.165, 1.54) is 0 Å². The third kappa shape index (κ3) is 0.881. The molecule has 1 aliphatic carbocycles. The van der Waals surface area contributed by atoms with Gasteiger partial charge in [-0.15, -0.1) is 0 Å². The Labute approximate surface area is 70.9 Å². The Morgan fingerprint density at radius 3 is 2.83 bits per heavy atom. The predicted molar refractivity (Wildman–Crippen MR) is 47.6 cm³/mol. The number of Topliss-reactive ketones (excluding diaryl/α,β-unsaturated/α-hetero) is 1. The number of ketones is 1. The number of benzene rings is 1. The van der Waals surface area contributed by atoms with Gasteiger partial charge in [0.25, 0.3) is 0 Å². The van der Waals surface area contributed by atoms with Gasteiger partial charge in [0.05, 0.1) is 0 Å². The third-order valence-corrected chi connectivity index (χ3v) is 2.11. The van der Waals surface area contributed by atoms with Gasteiger partial charge in [0.2, 0.25) is 0 Å². The summed E-state index contributed by atoms with van der Waals surface area (Å²) in [6, 6.07) is 7.81. The lowest BCUT2D eigenvalue weighted by Crippen LogP contribution is -2.07. The van der Waals surface area contributed by atoms with Crippen LogP contribution in [0.2, 0.25) is 0 Å². The van der Waals surface area contributed by atoms with Crippen molar-refractivity contribution >= 4 is 11.5 Å². The van der Waals surface area contributed by atoms with Crippen molar-refractivity contribution in [3.63, 3.8) is 0 Å². The van der Waals surface area contributed by atoms with Crippen LogP contribution in [0.25, 0.3) is 0 Å². The van der Waals surface area contributed by atoms with Crippen LogP contribution in [0.1, 0.15) is 11.1 Å². The molecule has 1 aromatic carbocycles. The molecule has 60 valence electrons. The Kier molecular flexibility index (Phi) is 1.54. The zero-order chi connectivity index (χ0) is 8.55. The number of fused-ring (bicyclic) bond motifs is 1. The smallest absolute Gasteiger partial charge is 0.185 e. The highest BCUT2D eigenvalue weighted by atomic mass is 16.1. The minimum absolute atomic E-state index is 0.138. The molecule has 0 spiro atoms. The number of rotatable bonds is 0. The molecule has 1 aliphatic rings. The molecule has 0 amide bonds. The van der Waals surface area contributed by atoms with Gasteiger partial charge in [0, 0.05) is 19.0 Å². The molecule has 0 fully saturated rings. The number of carbonyl (C=O) groups is 1. The number of hydrogen-bond acceptors (Lipinski definition) is 2. The molecule has 0 aromatic heterocycles. The van der Waals surface area contributed by atoms with Crippen molar-refractivity contribution < 1.29 is 4.79 Å². The molecule has 0 saturated heterocycles. The van der Waals surface area contributed by atoms with Gasteiger partial charge in [-0.1, -0.05) is 24.3 Å². The summed E-state index contributed by atoms with van der Waals surface area (Å²) in [6.45, 7) is 0. The van der Waals surface area contributed by atoms with Crippen molar-refractivity contribution in [2.75, 3.05) is 7.05 Å². The van der Waals surface area contributed by atoms with Gasteiger partial charge in [-0.05, 0) is 5.56 Å². The lowest BCUT2D eigenvalue weighted by molar-refractivity contribution is -0.112. The molecule has 1 aromatic rings. The molecule has 0 saturated carbocycles. The van der Waals surface area contributed by atoms with Gasteiger partial charge in [-0.25, -0.2) is 0 Å². The second-order valence-electron chi connectivity index (χ2n) is 2.83. The lowest BCUT2D eigenvalue weighted by atomic mass is 10.1. The molecule has 0 radical (unpaired) electrons.